The molecule has 0 radical (unpaired) electrons. The summed E-state index contributed by atoms with van der Waals surface area (Å²) in [5.41, 5.74) is 0.732. The van der Waals surface area contributed by atoms with Crippen molar-refractivity contribution in [2.45, 2.75) is 71.1 Å². The topological polar surface area (TPSA) is 0 Å². The summed E-state index contributed by atoms with van der Waals surface area (Å²) in [5.74, 6) is 0. The summed E-state index contributed by atoms with van der Waals surface area (Å²) in [6, 6.07) is 0. The molecule has 0 spiro atoms. The number of allylic oxidation sites excluding steroid dienone is 1. The van der Waals surface area contributed by atoms with Crippen molar-refractivity contribution < 1.29 is 0 Å². The Bertz CT molecular complexity index is 146. The molecule has 14 heavy (non-hydrogen) atoms. The number of rotatable bonds is 6. The van der Waals surface area contributed by atoms with Crippen molar-refractivity contribution in [2.75, 3.05) is 0 Å². The molecule has 0 aromatic rings. The summed E-state index contributed by atoms with van der Waals surface area (Å²) in [4.78, 5) is 0. The molecular weight excluding hydrogens is 168 g/mol. The molecular formula is C14H26. The van der Waals surface area contributed by atoms with Gasteiger partial charge in [-0.05, 0) is 43.9 Å². The van der Waals surface area contributed by atoms with Crippen molar-refractivity contribution in [3.8, 4) is 0 Å². The van der Waals surface area contributed by atoms with E-state index in [2.05, 4.69) is 19.6 Å². The maximum atomic E-state index is 3.81. The molecule has 1 saturated carbocycles. The zero-order valence-corrected chi connectivity index (χ0v) is 9.86. The van der Waals surface area contributed by atoms with E-state index in [1.807, 2.05) is 0 Å². The predicted octanol–water partition coefficient (Wildman–Crippen LogP) is 5.09. The third kappa shape index (κ3) is 3.48. The van der Waals surface area contributed by atoms with Crippen LogP contribution in [0.4, 0.5) is 0 Å². The highest BCUT2D eigenvalue weighted by atomic mass is 14.3. The van der Waals surface area contributed by atoms with E-state index in [-0.39, 0.29) is 0 Å². The van der Waals surface area contributed by atoms with E-state index in [1.165, 1.54) is 64.2 Å². The largest absolute Gasteiger partial charge is 0.103 e. The van der Waals surface area contributed by atoms with Crippen LogP contribution in [0.15, 0.2) is 12.7 Å². The van der Waals surface area contributed by atoms with Crippen molar-refractivity contribution in [3.05, 3.63) is 12.7 Å². The van der Waals surface area contributed by atoms with Gasteiger partial charge in [0.25, 0.3) is 0 Å². The third-order valence-electron chi connectivity index (χ3n) is 3.81. The van der Waals surface area contributed by atoms with Gasteiger partial charge in [0.2, 0.25) is 0 Å². The maximum absolute atomic E-state index is 3.81. The molecule has 0 heterocycles. The van der Waals surface area contributed by atoms with Gasteiger partial charge in [-0.15, -0.1) is 6.58 Å². The standard InChI is InChI=1S/C14H26/c1-3-5-7-11-14(10-4-2)12-8-6-9-13-14/h3H,1,4-13H2,2H3. The quantitative estimate of drug-likeness (QED) is 0.408. The van der Waals surface area contributed by atoms with Gasteiger partial charge in [-0.3, -0.25) is 0 Å². The van der Waals surface area contributed by atoms with Crippen molar-refractivity contribution in [1.82, 2.24) is 0 Å². The second kappa shape index (κ2) is 6.27. The molecule has 0 aliphatic heterocycles. The average molecular weight is 194 g/mol. The highest BCUT2D eigenvalue weighted by Crippen LogP contribution is 2.44. The minimum absolute atomic E-state index is 0.732. The predicted molar refractivity (Wildman–Crippen MR) is 64.5 cm³/mol. The molecule has 0 saturated heterocycles. The Kier molecular flexibility index (Phi) is 5.29. The first-order chi connectivity index (χ1) is 6.83. The van der Waals surface area contributed by atoms with E-state index in [1.54, 1.807) is 0 Å². The van der Waals surface area contributed by atoms with Crippen LogP contribution in [0.1, 0.15) is 71.1 Å². The molecule has 0 atom stereocenters. The van der Waals surface area contributed by atoms with Gasteiger partial charge >= 0.3 is 0 Å². The Labute approximate surface area is 89.8 Å². The molecule has 0 bridgehead atoms. The van der Waals surface area contributed by atoms with Gasteiger partial charge in [0.1, 0.15) is 0 Å². The van der Waals surface area contributed by atoms with Crippen molar-refractivity contribution >= 4 is 0 Å². The minimum Gasteiger partial charge on any atom is -0.103 e. The highest BCUT2D eigenvalue weighted by molar-refractivity contribution is 4.83. The lowest BCUT2D eigenvalue weighted by Gasteiger charge is -2.37. The Balaban J connectivity index is 2.38. The first-order valence-corrected chi connectivity index (χ1v) is 6.44. The van der Waals surface area contributed by atoms with Crippen LogP contribution in [0.2, 0.25) is 0 Å². The van der Waals surface area contributed by atoms with Crippen LogP contribution in [-0.2, 0) is 0 Å². The molecule has 1 aliphatic carbocycles. The van der Waals surface area contributed by atoms with E-state index in [4.69, 9.17) is 0 Å². The summed E-state index contributed by atoms with van der Waals surface area (Å²) in [5, 5.41) is 0. The molecule has 0 amide bonds. The summed E-state index contributed by atoms with van der Waals surface area (Å²) in [6.45, 7) is 6.15. The molecule has 1 fully saturated rings. The van der Waals surface area contributed by atoms with Crippen LogP contribution in [-0.4, -0.2) is 0 Å². The van der Waals surface area contributed by atoms with Gasteiger partial charge in [-0.1, -0.05) is 38.7 Å². The fraction of sp³-hybridized carbons (Fsp3) is 0.857. The normalized spacial score (nSPS) is 20.6. The molecule has 0 aromatic carbocycles. The second-order valence-corrected chi connectivity index (χ2v) is 4.99. The number of hydrogen-bond acceptors (Lipinski definition) is 0. The van der Waals surface area contributed by atoms with E-state index in [9.17, 15) is 0 Å². The molecule has 1 rings (SSSR count). The van der Waals surface area contributed by atoms with E-state index in [0.29, 0.717) is 0 Å². The van der Waals surface area contributed by atoms with Crippen LogP contribution in [0.3, 0.4) is 0 Å². The second-order valence-electron chi connectivity index (χ2n) is 4.99. The lowest BCUT2D eigenvalue weighted by molar-refractivity contribution is 0.152. The SMILES string of the molecule is C=CCCCC1(CCC)CCCCC1. The smallest absolute Gasteiger partial charge is 0.0297 e. The van der Waals surface area contributed by atoms with E-state index in [0.717, 1.165) is 5.41 Å². The number of hydrogen-bond donors (Lipinski definition) is 0. The fourth-order valence-electron chi connectivity index (χ4n) is 3.08. The molecule has 0 nitrogen and oxygen atoms in total. The Hall–Kier alpha value is -0.260. The molecule has 0 N–H and O–H groups in total. The maximum Gasteiger partial charge on any atom is -0.0297 e. The van der Waals surface area contributed by atoms with Crippen molar-refractivity contribution in [2.24, 2.45) is 5.41 Å². The average Bonchev–Trinajstić information content (AvgIpc) is 2.20. The van der Waals surface area contributed by atoms with Crippen LogP contribution in [0.5, 0.6) is 0 Å². The van der Waals surface area contributed by atoms with Crippen molar-refractivity contribution in [3.63, 3.8) is 0 Å². The van der Waals surface area contributed by atoms with Gasteiger partial charge in [-0.25, -0.2) is 0 Å². The highest BCUT2D eigenvalue weighted by Gasteiger charge is 2.29. The molecule has 0 aromatic heterocycles. The Morgan fingerprint density at radius 1 is 1.14 bits per heavy atom. The molecule has 0 unspecified atom stereocenters. The van der Waals surface area contributed by atoms with E-state index < -0.39 is 0 Å². The van der Waals surface area contributed by atoms with Crippen LogP contribution in [0, 0.1) is 5.41 Å². The summed E-state index contributed by atoms with van der Waals surface area (Å²) >= 11 is 0. The Morgan fingerprint density at radius 3 is 2.43 bits per heavy atom. The van der Waals surface area contributed by atoms with Crippen LogP contribution < -0.4 is 0 Å². The van der Waals surface area contributed by atoms with Gasteiger partial charge in [0.15, 0.2) is 0 Å². The van der Waals surface area contributed by atoms with E-state index >= 15 is 0 Å². The summed E-state index contributed by atoms with van der Waals surface area (Å²) in [6.07, 6.45) is 16.4. The minimum atomic E-state index is 0.732. The summed E-state index contributed by atoms with van der Waals surface area (Å²) < 4.78 is 0. The lowest BCUT2D eigenvalue weighted by Crippen LogP contribution is -2.23. The van der Waals surface area contributed by atoms with Gasteiger partial charge in [-0.2, -0.15) is 0 Å². The molecule has 0 heteroatoms. The Morgan fingerprint density at radius 2 is 1.86 bits per heavy atom. The zero-order chi connectivity index (χ0) is 10.3. The first-order valence-electron chi connectivity index (χ1n) is 6.44. The van der Waals surface area contributed by atoms with Crippen molar-refractivity contribution in [1.29, 1.82) is 0 Å². The molecule has 1 aliphatic rings. The zero-order valence-electron chi connectivity index (χ0n) is 9.86. The van der Waals surface area contributed by atoms with Gasteiger partial charge in [0, 0.05) is 0 Å². The van der Waals surface area contributed by atoms with Gasteiger partial charge < -0.3 is 0 Å². The third-order valence-corrected chi connectivity index (χ3v) is 3.81. The monoisotopic (exact) mass is 194 g/mol. The first kappa shape index (κ1) is 11.8. The fourth-order valence-corrected chi connectivity index (χ4v) is 3.08. The molecule has 82 valence electrons. The van der Waals surface area contributed by atoms with Crippen LogP contribution >= 0.6 is 0 Å². The lowest BCUT2D eigenvalue weighted by atomic mass is 9.68. The van der Waals surface area contributed by atoms with Crippen LogP contribution in [0.25, 0.3) is 0 Å². The summed E-state index contributed by atoms with van der Waals surface area (Å²) in [7, 11) is 0. The number of unbranched alkanes of at least 4 members (excludes halogenated alkanes) is 1. The van der Waals surface area contributed by atoms with Gasteiger partial charge in [0.05, 0.1) is 0 Å².